The van der Waals surface area contributed by atoms with Crippen LogP contribution >= 0.6 is 11.3 Å². The molecule has 2 heterocycles. The number of likely N-dealkylation sites (N-methyl/N-ethyl adjacent to an activating group) is 1. The second-order valence-corrected chi connectivity index (χ2v) is 13.9. The lowest BCUT2D eigenvalue weighted by molar-refractivity contribution is -0.873. The van der Waals surface area contributed by atoms with Gasteiger partial charge in [0.25, 0.3) is 5.01 Å². The molecule has 0 saturated carbocycles. The zero-order valence-corrected chi connectivity index (χ0v) is 25.9. The van der Waals surface area contributed by atoms with Crippen molar-refractivity contribution < 1.29 is 13.8 Å². The first-order valence-electron chi connectivity index (χ1n) is 14.3. The Morgan fingerprint density at radius 1 is 1.08 bits per heavy atom. The molecular formula is C34H45N3OS+2. The average Bonchev–Trinajstić information content (AvgIpc) is 3.30. The van der Waals surface area contributed by atoms with Gasteiger partial charge in [0.1, 0.15) is 10.4 Å². The number of ether oxygens (including phenoxy) is 1. The van der Waals surface area contributed by atoms with E-state index in [1.165, 1.54) is 68.3 Å². The van der Waals surface area contributed by atoms with Crippen LogP contribution in [0.2, 0.25) is 0 Å². The fraction of sp³-hybridized carbons (Fsp3) is 0.441. The van der Waals surface area contributed by atoms with Crippen molar-refractivity contribution in [1.82, 2.24) is 0 Å². The van der Waals surface area contributed by atoms with Gasteiger partial charge in [-0.2, -0.15) is 4.57 Å². The van der Waals surface area contributed by atoms with E-state index in [0.717, 1.165) is 29.6 Å². The largest absolute Gasteiger partial charge is 0.497 e. The minimum Gasteiger partial charge on any atom is -0.497 e. The van der Waals surface area contributed by atoms with E-state index >= 15 is 0 Å². The highest BCUT2D eigenvalue weighted by Gasteiger charge is 2.39. The van der Waals surface area contributed by atoms with Crippen LogP contribution in [-0.4, -0.2) is 46.3 Å². The molecule has 0 bridgehead atoms. The number of hydrogen-bond donors (Lipinski definition) is 0. The maximum absolute atomic E-state index is 5.54. The topological polar surface area (TPSA) is 16.4 Å². The Balaban J connectivity index is 1.48. The van der Waals surface area contributed by atoms with E-state index in [9.17, 15) is 0 Å². The lowest BCUT2D eigenvalue weighted by Crippen LogP contribution is -2.40. The second-order valence-electron chi connectivity index (χ2n) is 12.8. The standard InChI is InChI=1S/C34H45N3OS/c1-24-13-15-30-31(19-24)39-33(36(30)17-10-18-37(5,6)7)22-26-12-9-11-25(20-26)21-32-34(2,3)28-23-27(38-8)14-16-29(28)35(32)4/h13-16,19-23H,9-12,17-18H2,1-8H3/q+2. The van der Waals surface area contributed by atoms with Gasteiger partial charge in [-0.15, -0.1) is 0 Å². The molecule has 39 heavy (non-hydrogen) atoms. The third kappa shape index (κ3) is 5.71. The number of benzene rings is 2. The maximum Gasteiger partial charge on any atom is 0.263 e. The molecule has 1 aliphatic carbocycles. The summed E-state index contributed by atoms with van der Waals surface area (Å²) in [6.45, 7) is 9.08. The Morgan fingerprint density at radius 3 is 2.62 bits per heavy atom. The van der Waals surface area contributed by atoms with Gasteiger partial charge in [-0.1, -0.05) is 37.3 Å². The highest BCUT2D eigenvalue weighted by Crippen LogP contribution is 2.48. The molecule has 2 aliphatic rings. The normalized spacial score (nSPS) is 19.2. The summed E-state index contributed by atoms with van der Waals surface area (Å²) >= 11 is 1.94. The van der Waals surface area contributed by atoms with E-state index in [0.29, 0.717) is 0 Å². The predicted octanol–water partition coefficient (Wildman–Crippen LogP) is 7.41. The summed E-state index contributed by atoms with van der Waals surface area (Å²) in [5.41, 5.74) is 9.45. The van der Waals surface area contributed by atoms with E-state index in [1.54, 1.807) is 7.11 Å². The SMILES string of the molecule is COc1ccc2c(c1)C(C)(C)/C(=C\C1=CC(=C/c3sc4cc(C)ccc4[n+]3CCC[N+](C)(C)C)/CCC1)N2C. The van der Waals surface area contributed by atoms with Crippen LogP contribution in [0.5, 0.6) is 5.75 Å². The molecule has 0 saturated heterocycles. The molecule has 1 aromatic heterocycles. The summed E-state index contributed by atoms with van der Waals surface area (Å²) in [7, 11) is 10.8. The number of hydrogen-bond acceptors (Lipinski definition) is 3. The number of aromatic nitrogens is 1. The van der Waals surface area contributed by atoms with Crippen molar-refractivity contribution in [3.8, 4) is 5.75 Å². The molecule has 206 valence electrons. The highest BCUT2D eigenvalue weighted by molar-refractivity contribution is 7.18. The Hall–Kier alpha value is -2.89. The van der Waals surface area contributed by atoms with Crippen molar-refractivity contribution in [2.75, 3.05) is 46.7 Å². The van der Waals surface area contributed by atoms with Gasteiger partial charge >= 0.3 is 0 Å². The van der Waals surface area contributed by atoms with Gasteiger partial charge < -0.3 is 14.1 Å². The van der Waals surface area contributed by atoms with Crippen LogP contribution in [0.3, 0.4) is 0 Å². The van der Waals surface area contributed by atoms with Crippen molar-refractivity contribution in [2.24, 2.45) is 0 Å². The number of allylic oxidation sites excluding steroid dienone is 5. The Bertz CT molecular complexity index is 1480. The van der Waals surface area contributed by atoms with Gasteiger partial charge in [-0.3, -0.25) is 0 Å². The first-order chi connectivity index (χ1) is 18.5. The molecule has 1 aliphatic heterocycles. The zero-order valence-electron chi connectivity index (χ0n) is 25.1. The molecular weight excluding hydrogens is 498 g/mol. The molecule has 0 amide bonds. The van der Waals surface area contributed by atoms with Crippen molar-refractivity contribution in [1.29, 1.82) is 0 Å². The summed E-state index contributed by atoms with van der Waals surface area (Å²) < 4.78 is 10.5. The van der Waals surface area contributed by atoms with Crippen LogP contribution in [0, 0.1) is 6.92 Å². The van der Waals surface area contributed by atoms with Gasteiger partial charge in [0, 0.05) is 36.0 Å². The first kappa shape index (κ1) is 27.7. The Labute approximate surface area is 239 Å². The van der Waals surface area contributed by atoms with Gasteiger partial charge in [0.15, 0.2) is 6.54 Å². The quantitative estimate of drug-likeness (QED) is 0.228. The molecule has 0 unspecified atom stereocenters. The molecule has 2 aromatic carbocycles. The molecule has 5 heteroatoms. The third-order valence-electron chi connectivity index (χ3n) is 8.27. The van der Waals surface area contributed by atoms with Crippen LogP contribution in [0.4, 0.5) is 5.69 Å². The predicted molar refractivity (Wildman–Crippen MR) is 167 cm³/mol. The number of aryl methyl sites for hydroxylation is 2. The van der Waals surface area contributed by atoms with Crippen molar-refractivity contribution in [3.63, 3.8) is 0 Å². The van der Waals surface area contributed by atoms with E-state index < -0.39 is 0 Å². The third-order valence-corrected chi connectivity index (χ3v) is 9.36. The molecule has 0 radical (unpaired) electrons. The van der Waals surface area contributed by atoms with E-state index in [2.05, 4.69) is 113 Å². The van der Waals surface area contributed by atoms with Gasteiger partial charge in [-0.25, -0.2) is 0 Å². The minimum absolute atomic E-state index is 0.0707. The van der Waals surface area contributed by atoms with Crippen LogP contribution in [0.1, 0.15) is 55.7 Å². The van der Waals surface area contributed by atoms with Gasteiger partial charge in [-0.05, 0) is 78.8 Å². The van der Waals surface area contributed by atoms with E-state index in [4.69, 9.17) is 4.74 Å². The molecule has 3 aromatic rings. The second kappa shape index (κ2) is 10.6. The average molecular weight is 544 g/mol. The lowest BCUT2D eigenvalue weighted by atomic mass is 9.82. The molecule has 0 N–H and O–H groups in total. The van der Waals surface area contributed by atoms with Crippen molar-refractivity contribution in [2.45, 2.75) is 58.4 Å². The van der Waals surface area contributed by atoms with Crippen molar-refractivity contribution >= 4 is 33.3 Å². The monoisotopic (exact) mass is 543 g/mol. The number of fused-ring (bicyclic) bond motifs is 2. The molecule has 0 atom stereocenters. The van der Waals surface area contributed by atoms with Gasteiger partial charge in [0.2, 0.25) is 5.52 Å². The number of anilines is 1. The van der Waals surface area contributed by atoms with Crippen molar-refractivity contribution in [3.05, 3.63) is 81.5 Å². The summed E-state index contributed by atoms with van der Waals surface area (Å²) in [6, 6.07) is 13.4. The van der Waals surface area contributed by atoms with Gasteiger partial charge in [0.05, 0.1) is 41.2 Å². The fourth-order valence-corrected chi connectivity index (χ4v) is 7.36. The number of nitrogens with zero attached hydrogens (tertiary/aromatic N) is 3. The number of rotatable bonds is 7. The van der Waals surface area contributed by atoms with Crippen LogP contribution in [0.15, 0.2) is 65.4 Å². The first-order valence-corrected chi connectivity index (χ1v) is 15.1. The fourth-order valence-electron chi connectivity index (χ4n) is 6.09. The number of methoxy groups -OCH3 is 1. The summed E-state index contributed by atoms with van der Waals surface area (Å²) in [6.07, 6.45) is 12.0. The molecule has 0 fully saturated rings. The zero-order chi connectivity index (χ0) is 27.9. The smallest absolute Gasteiger partial charge is 0.263 e. The minimum atomic E-state index is -0.0707. The Kier molecular flexibility index (Phi) is 7.51. The van der Waals surface area contributed by atoms with Crippen LogP contribution in [0.25, 0.3) is 16.3 Å². The lowest BCUT2D eigenvalue weighted by Gasteiger charge is -2.25. The number of quaternary nitrogens is 1. The van der Waals surface area contributed by atoms with E-state index in [1.807, 2.05) is 11.3 Å². The summed E-state index contributed by atoms with van der Waals surface area (Å²) in [5.74, 6) is 0.923. The van der Waals surface area contributed by atoms with Crippen LogP contribution in [-0.2, 0) is 12.0 Å². The molecule has 4 nitrogen and oxygen atoms in total. The highest BCUT2D eigenvalue weighted by atomic mass is 32.1. The van der Waals surface area contributed by atoms with E-state index in [-0.39, 0.29) is 5.41 Å². The maximum atomic E-state index is 5.54. The van der Waals surface area contributed by atoms with Crippen LogP contribution < -0.4 is 14.2 Å². The molecule has 0 spiro atoms. The number of thiazole rings is 1. The Morgan fingerprint density at radius 2 is 1.87 bits per heavy atom. The summed E-state index contributed by atoms with van der Waals surface area (Å²) in [5, 5.41) is 1.37. The summed E-state index contributed by atoms with van der Waals surface area (Å²) in [4.78, 5) is 2.36. The molecule has 5 rings (SSSR count).